The van der Waals surface area contributed by atoms with Crippen molar-refractivity contribution in [2.24, 2.45) is 11.1 Å². The Morgan fingerprint density at radius 1 is 1.19 bits per heavy atom. The normalized spacial score (nSPS) is 19.1. The molecule has 3 heterocycles. The molecule has 1 spiro atoms. The van der Waals surface area contributed by atoms with E-state index in [0.29, 0.717) is 35.1 Å². The zero-order valence-corrected chi connectivity index (χ0v) is 20.5. The molecule has 3 aliphatic rings. The van der Waals surface area contributed by atoms with Gasteiger partial charge in [0.25, 0.3) is 5.91 Å². The average Bonchev–Trinajstić information content (AvgIpc) is 3.43. The zero-order chi connectivity index (χ0) is 25.4. The molecule has 2 aliphatic heterocycles. The molecule has 1 unspecified atom stereocenters. The van der Waals surface area contributed by atoms with Gasteiger partial charge in [-0.05, 0) is 59.4 Å². The first-order valence-corrected chi connectivity index (χ1v) is 12.6. The highest BCUT2D eigenvalue weighted by Crippen LogP contribution is 2.51. The van der Waals surface area contributed by atoms with Gasteiger partial charge in [-0.3, -0.25) is 4.79 Å². The van der Waals surface area contributed by atoms with Crippen molar-refractivity contribution in [1.82, 2.24) is 15.3 Å². The van der Waals surface area contributed by atoms with E-state index in [0.717, 1.165) is 37.9 Å². The number of fused-ring (bicyclic) bond motifs is 2. The minimum Gasteiger partial charge on any atom is -0.481 e. The Morgan fingerprint density at radius 2 is 2.03 bits per heavy atom. The van der Waals surface area contributed by atoms with Gasteiger partial charge in [-0.1, -0.05) is 36.3 Å². The third-order valence-electron chi connectivity index (χ3n) is 7.92. The summed E-state index contributed by atoms with van der Waals surface area (Å²) in [7, 11) is 0. The van der Waals surface area contributed by atoms with Gasteiger partial charge >= 0.3 is 0 Å². The van der Waals surface area contributed by atoms with Gasteiger partial charge in [0.05, 0.1) is 12.8 Å². The van der Waals surface area contributed by atoms with Crippen molar-refractivity contribution in [2.75, 3.05) is 24.6 Å². The summed E-state index contributed by atoms with van der Waals surface area (Å²) in [4.78, 5) is 23.2. The molecule has 0 bridgehead atoms. The molecule has 2 aromatic carbocycles. The Kier molecular flexibility index (Phi) is 6.03. The lowest BCUT2D eigenvalue weighted by Gasteiger charge is -2.42. The third-order valence-corrected chi connectivity index (χ3v) is 7.92. The first kappa shape index (κ1) is 23.5. The first-order chi connectivity index (χ1) is 18.1. The van der Waals surface area contributed by atoms with Crippen LogP contribution in [0.25, 0.3) is 0 Å². The molecule has 1 aliphatic carbocycles. The summed E-state index contributed by atoms with van der Waals surface area (Å²) < 4.78 is 5.68. The van der Waals surface area contributed by atoms with Crippen molar-refractivity contribution < 1.29 is 14.6 Å². The van der Waals surface area contributed by atoms with Gasteiger partial charge in [0, 0.05) is 31.2 Å². The number of nitrogens with zero attached hydrogens (tertiary/aromatic N) is 3. The van der Waals surface area contributed by atoms with Crippen molar-refractivity contribution in [3.8, 4) is 17.6 Å². The van der Waals surface area contributed by atoms with Crippen LogP contribution in [0.5, 0.6) is 5.75 Å². The van der Waals surface area contributed by atoms with Crippen molar-refractivity contribution in [1.29, 1.82) is 0 Å². The van der Waals surface area contributed by atoms with Crippen molar-refractivity contribution in [3.05, 3.63) is 82.3 Å². The number of aliphatic hydroxyl groups is 1. The smallest absolute Gasteiger partial charge is 0.252 e. The first-order valence-electron chi connectivity index (χ1n) is 12.6. The van der Waals surface area contributed by atoms with Gasteiger partial charge in [0.2, 0.25) is 0 Å². The van der Waals surface area contributed by atoms with E-state index in [9.17, 15) is 9.90 Å². The zero-order valence-electron chi connectivity index (χ0n) is 20.5. The Morgan fingerprint density at radius 3 is 2.84 bits per heavy atom. The molecule has 0 saturated carbocycles. The number of piperidine rings is 1. The predicted octanol–water partition coefficient (Wildman–Crippen LogP) is 2.49. The fourth-order valence-corrected chi connectivity index (χ4v) is 5.85. The summed E-state index contributed by atoms with van der Waals surface area (Å²) in [5.74, 6) is 7.12. The second-order valence-corrected chi connectivity index (χ2v) is 9.98. The summed E-state index contributed by atoms with van der Waals surface area (Å²) in [5, 5.41) is 12.8. The van der Waals surface area contributed by atoms with Crippen LogP contribution in [0, 0.1) is 17.3 Å². The Labute approximate surface area is 215 Å². The largest absolute Gasteiger partial charge is 0.481 e. The quantitative estimate of drug-likeness (QED) is 0.477. The van der Waals surface area contributed by atoms with Crippen LogP contribution >= 0.6 is 0 Å². The number of nitrogens with two attached hydrogens (primary N) is 1. The van der Waals surface area contributed by atoms with Crippen molar-refractivity contribution in [2.45, 2.75) is 38.5 Å². The van der Waals surface area contributed by atoms with E-state index in [1.807, 2.05) is 12.1 Å². The predicted molar refractivity (Wildman–Crippen MR) is 139 cm³/mol. The van der Waals surface area contributed by atoms with E-state index >= 15 is 0 Å². The van der Waals surface area contributed by atoms with Crippen molar-refractivity contribution >= 4 is 11.7 Å². The molecule has 37 heavy (non-hydrogen) atoms. The lowest BCUT2D eigenvalue weighted by atomic mass is 9.73. The summed E-state index contributed by atoms with van der Waals surface area (Å²) in [6.07, 6.45) is 4.60. The fourth-order valence-electron chi connectivity index (χ4n) is 5.85. The van der Waals surface area contributed by atoms with E-state index in [4.69, 9.17) is 10.5 Å². The van der Waals surface area contributed by atoms with Crippen LogP contribution < -0.4 is 20.7 Å². The molecule has 1 fully saturated rings. The standard InChI is InChI=1S/C29H29N5O3/c30-26-23-6-2-1-4-19(23)15-29(26)9-11-34(12-10-29)27-25(18-35)33-21(17-31-27)5-3-13-37-22-8-7-20-16-32-28(36)24(20)14-22/h1-2,4,6-8,14,17,26,35H,9-13,15-16,18,30H2,(H,32,36). The number of ether oxygens (including phenoxy) is 1. The number of aromatic nitrogens is 2. The number of rotatable bonds is 4. The maximum absolute atomic E-state index is 11.8. The molecular weight excluding hydrogens is 466 g/mol. The van der Waals surface area contributed by atoms with Gasteiger partial charge in [0.15, 0.2) is 5.82 Å². The van der Waals surface area contributed by atoms with Crippen LogP contribution in [0.4, 0.5) is 5.82 Å². The van der Waals surface area contributed by atoms with Crippen LogP contribution in [0.2, 0.25) is 0 Å². The number of benzene rings is 2. The number of aliphatic hydroxyl groups excluding tert-OH is 1. The molecule has 6 rings (SSSR count). The highest BCUT2D eigenvalue weighted by Gasteiger charge is 2.46. The van der Waals surface area contributed by atoms with Crippen LogP contribution in [-0.2, 0) is 19.6 Å². The Hall–Kier alpha value is -3.93. The second-order valence-electron chi connectivity index (χ2n) is 9.98. The molecule has 1 atom stereocenters. The van der Waals surface area contributed by atoms with Gasteiger partial charge < -0.3 is 25.8 Å². The van der Waals surface area contributed by atoms with E-state index < -0.39 is 0 Å². The minimum atomic E-state index is -0.210. The lowest BCUT2D eigenvalue weighted by Crippen LogP contribution is -2.45. The molecule has 8 heteroatoms. The number of nitrogens with one attached hydrogen (secondary N) is 1. The van der Waals surface area contributed by atoms with E-state index in [-0.39, 0.29) is 30.6 Å². The van der Waals surface area contributed by atoms with Crippen LogP contribution in [-0.4, -0.2) is 40.7 Å². The molecule has 188 valence electrons. The molecule has 8 nitrogen and oxygen atoms in total. The van der Waals surface area contributed by atoms with Crippen LogP contribution in [0.1, 0.15) is 57.3 Å². The maximum atomic E-state index is 11.8. The van der Waals surface area contributed by atoms with E-state index in [1.54, 1.807) is 12.3 Å². The van der Waals surface area contributed by atoms with Crippen LogP contribution in [0.15, 0.2) is 48.7 Å². The summed E-state index contributed by atoms with van der Waals surface area (Å²) in [6, 6.07) is 14.0. The molecule has 1 saturated heterocycles. The third kappa shape index (κ3) is 4.31. The van der Waals surface area contributed by atoms with Gasteiger partial charge in [0.1, 0.15) is 23.7 Å². The van der Waals surface area contributed by atoms with Gasteiger partial charge in [-0.25, -0.2) is 9.97 Å². The van der Waals surface area contributed by atoms with E-state index in [1.165, 1.54) is 11.1 Å². The molecule has 1 amide bonds. The minimum absolute atomic E-state index is 0.0584. The average molecular weight is 496 g/mol. The van der Waals surface area contributed by atoms with Gasteiger partial charge in [-0.2, -0.15) is 0 Å². The van der Waals surface area contributed by atoms with Crippen molar-refractivity contribution in [3.63, 3.8) is 0 Å². The second kappa shape index (κ2) is 9.51. The number of anilines is 1. The summed E-state index contributed by atoms with van der Waals surface area (Å²) >= 11 is 0. The number of hydrogen-bond acceptors (Lipinski definition) is 7. The fraction of sp³-hybridized carbons (Fsp3) is 0.345. The Balaban J connectivity index is 1.09. The monoisotopic (exact) mass is 495 g/mol. The number of hydrogen-bond donors (Lipinski definition) is 3. The number of amides is 1. The highest BCUT2D eigenvalue weighted by atomic mass is 16.5. The lowest BCUT2D eigenvalue weighted by molar-refractivity contribution is 0.0965. The molecule has 0 radical (unpaired) electrons. The highest BCUT2D eigenvalue weighted by molar-refractivity contribution is 5.98. The van der Waals surface area contributed by atoms with Gasteiger partial charge in [-0.15, -0.1) is 0 Å². The maximum Gasteiger partial charge on any atom is 0.252 e. The summed E-state index contributed by atoms with van der Waals surface area (Å²) in [5.41, 5.74) is 12.1. The summed E-state index contributed by atoms with van der Waals surface area (Å²) in [6.45, 7) is 2.13. The topological polar surface area (TPSA) is 114 Å². The molecule has 3 aromatic rings. The SMILES string of the molecule is NC1c2ccccc2CC12CCN(c1ncc(C#CCOc3ccc4c(c3)C(=O)NC4)nc1CO)CC2. The number of carbonyl (C=O) groups excluding carboxylic acids is 1. The molecule has 1 aromatic heterocycles. The number of carbonyl (C=O) groups is 1. The molecule has 4 N–H and O–H groups in total. The Bertz CT molecular complexity index is 1420. The molecular formula is C29H29N5O3. The van der Waals surface area contributed by atoms with Crippen LogP contribution in [0.3, 0.4) is 0 Å². The van der Waals surface area contributed by atoms with E-state index in [2.05, 4.69) is 56.3 Å².